The first-order valence-electron chi connectivity index (χ1n) is 10.4. The van der Waals surface area contributed by atoms with Gasteiger partial charge in [0.05, 0.1) is 18.4 Å². The largest absolute Gasteiger partial charge is 0.497 e. The summed E-state index contributed by atoms with van der Waals surface area (Å²) < 4.78 is 5.23. The van der Waals surface area contributed by atoms with Crippen molar-refractivity contribution in [2.75, 3.05) is 17.7 Å². The summed E-state index contributed by atoms with van der Waals surface area (Å²) in [6, 6.07) is 13.7. The van der Waals surface area contributed by atoms with E-state index in [4.69, 9.17) is 14.7 Å². The third-order valence-electron chi connectivity index (χ3n) is 5.75. The van der Waals surface area contributed by atoms with Crippen LogP contribution in [0.3, 0.4) is 0 Å². The van der Waals surface area contributed by atoms with Gasteiger partial charge in [-0.2, -0.15) is 4.98 Å². The van der Waals surface area contributed by atoms with Crippen LogP contribution < -0.4 is 15.4 Å². The summed E-state index contributed by atoms with van der Waals surface area (Å²) in [5.41, 5.74) is 5.33. The van der Waals surface area contributed by atoms with E-state index in [0.717, 1.165) is 34.8 Å². The average molecular weight is 417 g/mol. The molecule has 31 heavy (non-hydrogen) atoms. The average Bonchev–Trinajstić information content (AvgIpc) is 2.70. The molecule has 0 unspecified atom stereocenters. The first-order valence-corrected chi connectivity index (χ1v) is 10.4. The molecule has 0 amide bonds. The second-order valence-corrected chi connectivity index (χ2v) is 8.88. The quantitative estimate of drug-likeness (QED) is 0.552. The Bertz CT molecular complexity index is 1140. The Hall–Kier alpha value is -3.41. The summed E-state index contributed by atoms with van der Waals surface area (Å²) in [5, 5.41) is 6.68. The van der Waals surface area contributed by atoms with E-state index in [9.17, 15) is 4.79 Å². The van der Waals surface area contributed by atoms with Crippen LogP contribution in [0.2, 0.25) is 0 Å². The normalized spacial score (nSPS) is 14.7. The predicted molar refractivity (Wildman–Crippen MR) is 124 cm³/mol. The molecule has 0 saturated heterocycles. The summed E-state index contributed by atoms with van der Waals surface area (Å²) in [4.78, 5) is 22.5. The van der Waals surface area contributed by atoms with Gasteiger partial charge < -0.3 is 15.4 Å². The molecule has 0 bridgehead atoms. The van der Waals surface area contributed by atoms with Crippen molar-refractivity contribution in [2.24, 2.45) is 5.41 Å². The highest BCUT2D eigenvalue weighted by Crippen LogP contribution is 2.38. The number of benzene rings is 2. The van der Waals surface area contributed by atoms with Crippen LogP contribution in [0.15, 0.2) is 42.5 Å². The van der Waals surface area contributed by atoms with Gasteiger partial charge >= 0.3 is 0 Å². The number of Topliss-reactive ketones (excluding diaryl/α,β-unsaturated/α-hetero) is 1. The highest BCUT2D eigenvalue weighted by molar-refractivity contribution is 6.03. The summed E-state index contributed by atoms with van der Waals surface area (Å²) in [6.45, 7) is 8.34. The van der Waals surface area contributed by atoms with Gasteiger partial charge in [-0.25, -0.2) is 4.98 Å². The number of carbonyl (C=O) groups is 1. The second-order valence-electron chi connectivity index (χ2n) is 8.88. The number of carbonyl (C=O) groups excluding carboxylic acids is 1. The molecule has 0 radical (unpaired) electrons. The molecule has 1 aliphatic carbocycles. The van der Waals surface area contributed by atoms with Crippen molar-refractivity contribution in [3.05, 3.63) is 64.8 Å². The van der Waals surface area contributed by atoms with Gasteiger partial charge in [-0.15, -0.1) is 0 Å². The molecule has 2 aromatic carbocycles. The number of hydrogen-bond donors (Lipinski definition) is 2. The summed E-state index contributed by atoms with van der Waals surface area (Å²) in [7, 11) is 1.64. The molecule has 1 aromatic heterocycles. The number of aromatic nitrogens is 2. The molecule has 0 aliphatic heterocycles. The standard InChI is InChI=1S/C25H28N4O2/c1-15-7-6-8-19(16(15)2)27-23-22-20(13-25(3,4)14-21(22)30)28-24(29-23)26-17-9-11-18(31-5)12-10-17/h6-12H,13-14H2,1-5H3,(H2,26,27,28,29). The van der Waals surface area contributed by atoms with Gasteiger partial charge in [0.15, 0.2) is 5.78 Å². The van der Waals surface area contributed by atoms with Gasteiger partial charge in [0.2, 0.25) is 5.95 Å². The summed E-state index contributed by atoms with van der Waals surface area (Å²) >= 11 is 0. The monoisotopic (exact) mass is 416 g/mol. The van der Waals surface area contributed by atoms with E-state index in [-0.39, 0.29) is 11.2 Å². The first kappa shape index (κ1) is 20.8. The number of fused-ring (bicyclic) bond motifs is 1. The molecule has 1 heterocycles. The molecule has 3 aromatic rings. The molecule has 0 fully saturated rings. The number of anilines is 4. The Morgan fingerprint density at radius 3 is 2.42 bits per heavy atom. The Balaban J connectivity index is 1.77. The van der Waals surface area contributed by atoms with E-state index in [1.165, 1.54) is 5.56 Å². The number of rotatable bonds is 5. The number of aryl methyl sites for hydroxylation is 1. The van der Waals surface area contributed by atoms with Crippen molar-refractivity contribution in [1.29, 1.82) is 0 Å². The number of nitrogens with zero attached hydrogens (tertiary/aromatic N) is 2. The third-order valence-corrected chi connectivity index (χ3v) is 5.75. The number of ether oxygens (including phenoxy) is 1. The van der Waals surface area contributed by atoms with Gasteiger partial charge in [-0.1, -0.05) is 26.0 Å². The maximum absolute atomic E-state index is 13.0. The maximum atomic E-state index is 13.0. The van der Waals surface area contributed by atoms with Crippen molar-refractivity contribution in [3.63, 3.8) is 0 Å². The molecule has 2 N–H and O–H groups in total. The summed E-state index contributed by atoms with van der Waals surface area (Å²) in [6.07, 6.45) is 1.20. The summed E-state index contributed by atoms with van der Waals surface area (Å²) in [5.74, 6) is 1.87. The third kappa shape index (κ3) is 4.38. The van der Waals surface area contributed by atoms with Crippen LogP contribution in [0.1, 0.15) is 47.4 Å². The molecule has 6 nitrogen and oxygen atoms in total. The fraction of sp³-hybridized carbons (Fsp3) is 0.320. The van der Waals surface area contributed by atoms with E-state index in [1.807, 2.05) is 36.4 Å². The maximum Gasteiger partial charge on any atom is 0.229 e. The molecule has 6 heteroatoms. The van der Waals surface area contributed by atoms with Gasteiger partial charge in [-0.05, 0) is 67.1 Å². The van der Waals surface area contributed by atoms with Crippen molar-refractivity contribution < 1.29 is 9.53 Å². The molecular formula is C25H28N4O2. The number of hydrogen-bond acceptors (Lipinski definition) is 6. The lowest BCUT2D eigenvalue weighted by atomic mass is 9.75. The molecule has 0 atom stereocenters. The fourth-order valence-electron chi connectivity index (χ4n) is 3.93. The van der Waals surface area contributed by atoms with E-state index >= 15 is 0 Å². The molecule has 4 rings (SSSR count). The second kappa shape index (κ2) is 8.02. The number of methoxy groups -OCH3 is 1. The Morgan fingerprint density at radius 1 is 0.968 bits per heavy atom. The lowest BCUT2D eigenvalue weighted by molar-refractivity contribution is 0.0911. The van der Waals surface area contributed by atoms with Crippen molar-refractivity contribution in [1.82, 2.24) is 9.97 Å². The Kier molecular flexibility index (Phi) is 5.39. The lowest BCUT2D eigenvalue weighted by Crippen LogP contribution is -2.29. The Morgan fingerprint density at radius 2 is 1.71 bits per heavy atom. The lowest BCUT2D eigenvalue weighted by Gasteiger charge is -2.30. The van der Waals surface area contributed by atoms with E-state index in [0.29, 0.717) is 23.8 Å². The van der Waals surface area contributed by atoms with E-state index < -0.39 is 0 Å². The fourth-order valence-corrected chi connectivity index (χ4v) is 3.93. The minimum atomic E-state index is -0.133. The number of nitrogens with one attached hydrogen (secondary N) is 2. The van der Waals surface area contributed by atoms with Crippen LogP contribution in [0.4, 0.5) is 23.1 Å². The van der Waals surface area contributed by atoms with Crippen LogP contribution in [-0.4, -0.2) is 22.9 Å². The van der Waals surface area contributed by atoms with Crippen molar-refractivity contribution in [2.45, 2.75) is 40.5 Å². The predicted octanol–water partition coefficient (Wildman–Crippen LogP) is 5.74. The van der Waals surface area contributed by atoms with Gasteiger partial charge in [0.1, 0.15) is 11.6 Å². The zero-order valence-electron chi connectivity index (χ0n) is 18.7. The van der Waals surface area contributed by atoms with Crippen LogP contribution >= 0.6 is 0 Å². The minimum Gasteiger partial charge on any atom is -0.497 e. The van der Waals surface area contributed by atoms with Crippen LogP contribution in [0.5, 0.6) is 5.75 Å². The van der Waals surface area contributed by atoms with Gasteiger partial charge in [0, 0.05) is 17.8 Å². The highest BCUT2D eigenvalue weighted by atomic mass is 16.5. The van der Waals surface area contributed by atoms with Gasteiger partial charge in [-0.3, -0.25) is 4.79 Å². The van der Waals surface area contributed by atoms with Crippen molar-refractivity contribution >= 4 is 28.9 Å². The van der Waals surface area contributed by atoms with E-state index in [2.05, 4.69) is 44.4 Å². The molecule has 160 valence electrons. The van der Waals surface area contributed by atoms with Crippen LogP contribution in [0, 0.1) is 19.3 Å². The zero-order chi connectivity index (χ0) is 22.2. The highest BCUT2D eigenvalue weighted by Gasteiger charge is 2.35. The van der Waals surface area contributed by atoms with Gasteiger partial charge in [0.25, 0.3) is 0 Å². The molecular weight excluding hydrogens is 388 g/mol. The van der Waals surface area contributed by atoms with Crippen LogP contribution in [0.25, 0.3) is 0 Å². The minimum absolute atomic E-state index is 0.0788. The van der Waals surface area contributed by atoms with Crippen LogP contribution in [-0.2, 0) is 6.42 Å². The molecule has 0 spiro atoms. The zero-order valence-corrected chi connectivity index (χ0v) is 18.7. The molecule has 0 saturated carbocycles. The smallest absolute Gasteiger partial charge is 0.229 e. The first-order chi connectivity index (χ1) is 14.8. The Labute approximate surface area is 183 Å². The molecule has 1 aliphatic rings. The SMILES string of the molecule is COc1ccc(Nc2nc3c(c(Nc4cccc(C)c4C)n2)C(=O)CC(C)(C)C3)cc1. The van der Waals surface area contributed by atoms with Crippen molar-refractivity contribution in [3.8, 4) is 5.75 Å². The topological polar surface area (TPSA) is 76.1 Å². The number of ketones is 1. The van der Waals surface area contributed by atoms with E-state index in [1.54, 1.807) is 7.11 Å².